The van der Waals surface area contributed by atoms with Gasteiger partial charge in [-0.25, -0.2) is 8.42 Å². The number of anilines is 1. The summed E-state index contributed by atoms with van der Waals surface area (Å²) in [7, 11) is -3.71. The number of hydrogen-bond acceptors (Lipinski definition) is 5. The fourth-order valence-corrected chi connectivity index (χ4v) is 4.83. The van der Waals surface area contributed by atoms with Crippen LogP contribution in [-0.4, -0.2) is 25.2 Å². The second kappa shape index (κ2) is 9.39. The SMILES string of the molecule is CC(C)C(=O)Nc1ccc(S(=O)(=O)N(CCc2cccs2)Cc2ccoc2)cc1. The third-order valence-corrected chi connectivity index (χ3v) is 7.21. The number of carbonyl (C=O) groups is 1. The third kappa shape index (κ3) is 5.56. The molecule has 0 aliphatic heterocycles. The molecule has 154 valence electrons. The molecule has 2 aromatic heterocycles. The first-order chi connectivity index (χ1) is 13.9. The molecule has 1 amide bonds. The van der Waals surface area contributed by atoms with Gasteiger partial charge in [-0.15, -0.1) is 11.3 Å². The van der Waals surface area contributed by atoms with Gasteiger partial charge in [0.05, 0.1) is 17.4 Å². The van der Waals surface area contributed by atoms with Crippen molar-refractivity contribution < 1.29 is 17.6 Å². The van der Waals surface area contributed by atoms with E-state index in [2.05, 4.69) is 5.32 Å². The molecule has 29 heavy (non-hydrogen) atoms. The van der Waals surface area contributed by atoms with Crippen LogP contribution in [0.2, 0.25) is 0 Å². The highest BCUT2D eigenvalue weighted by Crippen LogP contribution is 2.22. The van der Waals surface area contributed by atoms with Crippen molar-refractivity contribution >= 4 is 33.0 Å². The first kappa shape index (κ1) is 21.3. The summed E-state index contributed by atoms with van der Waals surface area (Å²) in [4.78, 5) is 13.2. The van der Waals surface area contributed by atoms with E-state index in [-0.39, 0.29) is 23.3 Å². The molecule has 0 unspecified atom stereocenters. The van der Waals surface area contributed by atoms with Crippen LogP contribution in [0.1, 0.15) is 24.3 Å². The Morgan fingerprint density at radius 2 is 1.93 bits per heavy atom. The summed E-state index contributed by atoms with van der Waals surface area (Å²) in [6.45, 7) is 4.20. The topological polar surface area (TPSA) is 79.6 Å². The van der Waals surface area contributed by atoms with E-state index < -0.39 is 10.0 Å². The zero-order chi connectivity index (χ0) is 20.9. The van der Waals surface area contributed by atoms with Gasteiger partial charge in [-0.2, -0.15) is 4.31 Å². The number of sulfonamides is 1. The molecule has 0 spiro atoms. The number of rotatable bonds is 9. The van der Waals surface area contributed by atoms with Crippen molar-refractivity contribution in [3.63, 3.8) is 0 Å². The molecular weight excluding hydrogens is 408 g/mol. The molecule has 0 atom stereocenters. The van der Waals surface area contributed by atoms with Crippen molar-refractivity contribution in [1.29, 1.82) is 0 Å². The van der Waals surface area contributed by atoms with Crippen LogP contribution in [0.4, 0.5) is 5.69 Å². The molecule has 0 saturated heterocycles. The van der Waals surface area contributed by atoms with Crippen molar-refractivity contribution in [2.45, 2.75) is 31.7 Å². The van der Waals surface area contributed by atoms with Crippen LogP contribution in [0.15, 0.2) is 69.7 Å². The Bertz CT molecular complexity index is 1010. The maximum absolute atomic E-state index is 13.3. The Morgan fingerprint density at radius 1 is 1.17 bits per heavy atom. The number of thiophene rings is 1. The average molecular weight is 433 g/mol. The lowest BCUT2D eigenvalue weighted by molar-refractivity contribution is -0.118. The molecule has 3 aromatic rings. The van der Waals surface area contributed by atoms with E-state index in [1.54, 1.807) is 49.6 Å². The van der Waals surface area contributed by atoms with Crippen molar-refractivity contribution in [3.05, 3.63) is 70.8 Å². The monoisotopic (exact) mass is 432 g/mol. The van der Waals surface area contributed by atoms with Gasteiger partial charge >= 0.3 is 0 Å². The van der Waals surface area contributed by atoms with Crippen LogP contribution in [0.25, 0.3) is 0 Å². The van der Waals surface area contributed by atoms with E-state index in [1.807, 2.05) is 17.5 Å². The zero-order valence-corrected chi connectivity index (χ0v) is 18.0. The van der Waals surface area contributed by atoms with Gasteiger partial charge in [0.15, 0.2) is 0 Å². The van der Waals surface area contributed by atoms with Crippen LogP contribution in [0.5, 0.6) is 0 Å². The number of nitrogens with one attached hydrogen (secondary N) is 1. The highest BCUT2D eigenvalue weighted by Gasteiger charge is 2.25. The van der Waals surface area contributed by atoms with Crippen LogP contribution in [0.3, 0.4) is 0 Å². The number of benzene rings is 1. The van der Waals surface area contributed by atoms with Crippen molar-refractivity contribution in [2.75, 3.05) is 11.9 Å². The van der Waals surface area contributed by atoms with Gasteiger partial charge in [0.1, 0.15) is 0 Å². The molecule has 3 rings (SSSR count). The lowest BCUT2D eigenvalue weighted by Gasteiger charge is -2.21. The third-order valence-electron chi connectivity index (χ3n) is 4.41. The second-order valence-electron chi connectivity index (χ2n) is 6.97. The minimum absolute atomic E-state index is 0.113. The van der Waals surface area contributed by atoms with E-state index in [1.165, 1.54) is 22.7 Å². The molecule has 0 aliphatic carbocycles. The molecule has 1 aromatic carbocycles. The van der Waals surface area contributed by atoms with Gasteiger partial charge in [-0.05, 0) is 48.2 Å². The molecule has 0 saturated carbocycles. The number of hydrogen-bond donors (Lipinski definition) is 1. The average Bonchev–Trinajstić information content (AvgIpc) is 3.39. The van der Waals surface area contributed by atoms with Crippen molar-refractivity contribution in [2.24, 2.45) is 5.92 Å². The summed E-state index contributed by atoms with van der Waals surface area (Å²) >= 11 is 1.61. The highest BCUT2D eigenvalue weighted by atomic mass is 32.2. The molecule has 1 N–H and O–H groups in total. The van der Waals surface area contributed by atoms with Gasteiger partial charge in [0.25, 0.3) is 0 Å². The minimum Gasteiger partial charge on any atom is -0.472 e. The van der Waals surface area contributed by atoms with Crippen LogP contribution in [0, 0.1) is 5.92 Å². The highest BCUT2D eigenvalue weighted by molar-refractivity contribution is 7.89. The summed E-state index contributed by atoms with van der Waals surface area (Å²) in [5, 5.41) is 4.75. The van der Waals surface area contributed by atoms with Gasteiger partial charge in [-0.1, -0.05) is 19.9 Å². The van der Waals surface area contributed by atoms with E-state index in [9.17, 15) is 13.2 Å². The molecule has 0 fully saturated rings. The van der Waals surface area contributed by atoms with E-state index in [0.29, 0.717) is 18.7 Å². The maximum Gasteiger partial charge on any atom is 0.243 e. The lowest BCUT2D eigenvalue weighted by atomic mass is 10.2. The predicted octanol–water partition coefficient (Wildman–Crippen LogP) is 4.37. The van der Waals surface area contributed by atoms with E-state index in [4.69, 9.17) is 4.42 Å². The summed E-state index contributed by atoms with van der Waals surface area (Å²) in [6, 6.07) is 12.0. The number of carbonyl (C=O) groups excluding carboxylic acids is 1. The molecule has 0 aliphatic rings. The second-order valence-corrected chi connectivity index (χ2v) is 9.94. The van der Waals surface area contributed by atoms with Gasteiger partial charge < -0.3 is 9.73 Å². The number of nitrogens with zero attached hydrogens (tertiary/aromatic N) is 1. The standard InChI is InChI=1S/C21H24N2O4S2/c1-16(2)21(24)22-18-5-7-20(8-6-18)29(25,26)23(14-17-10-12-27-15-17)11-9-19-4-3-13-28-19/h3-8,10,12-13,15-16H,9,11,14H2,1-2H3,(H,22,24). The van der Waals surface area contributed by atoms with Gasteiger partial charge in [-0.3, -0.25) is 4.79 Å². The molecule has 6 nitrogen and oxygen atoms in total. The normalized spacial score (nSPS) is 11.9. The fourth-order valence-electron chi connectivity index (χ4n) is 2.71. The Balaban J connectivity index is 1.79. The van der Waals surface area contributed by atoms with Gasteiger partial charge in [0, 0.05) is 35.1 Å². The number of furan rings is 1. The number of amides is 1. The first-order valence-electron chi connectivity index (χ1n) is 9.31. The van der Waals surface area contributed by atoms with Gasteiger partial charge in [0.2, 0.25) is 15.9 Å². The van der Waals surface area contributed by atoms with E-state index >= 15 is 0 Å². The summed E-state index contributed by atoms with van der Waals surface area (Å²) in [5.41, 5.74) is 1.36. The zero-order valence-electron chi connectivity index (χ0n) is 16.4. The Hall–Kier alpha value is -2.42. The van der Waals surface area contributed by atoms with E-state index in [0.717, 1.165) is 10.4 Å². The Kier molecular flexibility index (Phi) is 6.89. The Morgan fingerprint density at radius 3 is 2.52 bits per heavy atom. The fraction of sp³-hybridized carbons (Fsp3) is 0.286. The molecule has 2 heterocycles. The Labute approximate surface area is 175 Å². The predicted molar refractivity (Wildman–Crippen MR) is 114 cm³/mol. The van der Waals surface area contributed by atoms with Crippen LogP contribution >= 0.6 is 11.3 Å². The summed E-state index contributed by atoms with van der Waals surface area (Å²) in [5.74, 6) is -0.265. The molecule has 0 radical (unpaired) electrons. The summed E-state index contributed by atoms with van der Waals surface area (Å²) < 4.78 is 33.1. The van der Waals surface area contributed by atoms with Crippen LogP contribution in [-0.2, 0) is 27.8 Å². The van der Waals surface area contributed by atoms with Crippen molar-refractivity contribution in [3.8, 4) is 0 Å². The molecular formula is C21H24N2O4S2. The molecule has 8 heteroatoms. The minimum atomic E-state index is -3.71. The van der Waals surface area contributed by atoms with Crippen molar-refractivity contribution in [1.82, 2.24) is 4.31 Å². The lowest BCUT2D eigenvalue weighted by Crippen LogP contribution is -2.32. The summed E-state index contributed by atoms with van der Waals surface area (Å²) in [6.07, 6.45) is 3.72. The first-order valence-corrected chi connectivity index (χ1v) is 11.6. The maximum atomic E-state index is 13.3. The quantitative estimate of drug-likeness (QED) is 0.545. The smallest absolute Gasteiger partial charge is 0.243 e. The molecule has 0 bridgehead atoms. The van der Waals surface area contributed by atoms with Crippen LogP contribution < -0.4 is 5.32 Å². The largest absolute Gasteiger partial charge is 0.472 e.